The summed E-state index contributed by atoms with van der Waals surface area (Å²) in [6, 6.07) is 5.10. The molecule has 1 atom stereocenters. The van der Waals surface area contributed by atoms with Crippen LogP contribution >= 0.6 is 0 Å². The van der Waals surface area contributed by atoms with E-state index in [9.17, 15) is 18.0 Å². The molecule has 1 aromatic rings. The average Bonchev–Trinajstić information content (AvgIpc) is 3.15. The Balaban J connectivity index is 0.000000574. The molecule has 1 fully saturated rings. The number of carbonyl (C=O) groups is 1. The Labute approximate surface area is 157 Å². The summed E-state index contributed by atoms with van der Waals surface area (Å²) in [7, 11) is 0. The van der Waals surface area contributed by atoms with Gasteiger partial charge in [0.25, 0.3) is 5.91 Å². The molecule has 2 rings (SSSR count). The third kappa shape index (κ3) is 10.4. The Morgan fingerprint density at radius 2 is 1.89 bits per heavy atom. The molecule has 0 aromatic heterocycles. The van der Waals surface area contributed by atoms with Gasteiger partial charge in [-0.1, -0.05) is 26.0 Å². The van der Waals surface area contributed by atoms with Crippen molar-refractivity contribution in [3.8, 4) is 0 Å². The van der Waals surface area contributed by atoms with Crippen LogP contribution in [-0.2, 0) is 22.3 Å². The summed E-state index contributed by atoms with van der Waals surface area (Å²) in [4.78, 5) is 10.0. The fourth-order valence-corrected chi connectivity index (χ4v) is 1.94. The standard InChI is InChI=1S/C12H14F3NO.C3H8N4O.C2H6/c13-12(14,15)10-3-1-9(2-4-10)8-17-11-5-6-16-7-11;4-2(1-7-6)3(5)8;1-2/h1-4,11,16H,5-8H2;1,7H,4,6H2,(H2,5,8);1-2H3/b;2-1-;. The molecule has 0 aliphatic carbocycles. The van der Waals surface area contributed by atoms with Gasteiger partial charge in [0.2, 0.25) is 0 Å². The molecule has 0 bridgehead atoms. The lowest BCUT2D eigenvalue weighted by Crippen LogP contribution is -2.25. The van der Waals surface area contributed by atoms with Crippen LogP contribution in [0.5, 0.6) is 0 Å². The maximum atomic E-state index is 12.3. The van der Waals surface area contributed by atoms with Gasteiger partial charge in [0.1, 0.15) is 5.70 Å². The molecule has 7 nitrogen and oxygen atoms in total. The summed E-state index contributed by atoms with van der Waals surface area (Å²) >= 11 is 0. The molecule has 1 heterocycles. The van der Waals surface area contributed by atoms with Crippen molar-refractivity contribution in [3.63, 3.8) is 0 Å². The van der Waals surface area contributed by atoms with Gasteiger partial charge in [-0.15, -0.1) is 0 Å². The van der Waals surface area contributed by atoms with E-state index >= 15 is 0 Å². The maximum absolute atomic E-state index is 12.3. The fourth-order valence-electron chi connectivity index (χ4n) is 1.94. The molecule has 1 saturated heterocycles. The van der Waals surface area contributed by atoms with Crippen LogP contribution < -0.4 is 28.1 Å². The van der Waals surface area contributed by atoms with Gasteiger partial charge in [-0.3, -0.25) is 10.6 Å². The van der Waals surface area contributed by atoms with Gasteiger partial charge in [-0.25, -0.2) is 0 Å². The molecule has 1 aliphatic rings. The normalized spacial score (nSPS) is 16.5. The summed E-state index contributed by atoms with van der Waals surface area (Å²) in [5.74, 6) is 4.06. The van der Waals surface area contributed by atoms with Crippen molar-refractivity contribution in [2.75, 3.05) is 13.1 Å². The number of halogens is 3. The second-order valence-electron chi connectivity index (χ2n) is 5.25. The summed E-state index contributed by atoms with van der Waals surface area (Å²) in [5, 5.41) is 3.16. The molecule has 1 unspecified atom stereocenters. The Bertz CT molecular complexity index is 571. The van der Waals surface area contributed by atoms with Gasteiger partial charge in [0.15, 0.2) is 0 Å². The van der Waals surface area contributed by atoms with Crippen LogP contribution in [0.1, 0.15) is 31.4 Å². The van der Waals surface area contributed by atoms with E-state index in [1.54, 1.807) is 0 Å². The molecule has 154 valence electrons. The van der Waals surface area contributed by atoms with Crippen LogP contribution in [0.2, 0.25) is 0 Å². The minimum atomic E-state index is -4.27. The van der Waals surface area contributed by atoms with Crippen LogP contribution in [-0.4, -0.2) is 25.1 Å². The van der Waals surface area contributed by atoms with Crippen LogP contribution in [0, 0.1) is 0 Å². The van der Waals surface area contributed by atoms with Gasteiger partial charge in [0, 0.05) is 12.7 Å². The molecule has 1 amide bonds. The minimum absolute atomic E-state index is 0.0903. The van der Waals surface area contributed by atoms with Crippen molar-refractivity contribution >= 4 is 5.91 Å². The lowest BCUT2D eigenvalue weighted by molar-refractivity contribution is -0.137. The van der Waals surface area contributed by atoms with Crippen molar-refractivity contribution < 1.29 is 22.7 Å². The van der Waals surface area contributed by atoms with Crippen LogP contribution in [0.15, 0.2) is 36.2 Å². The first-order valence-corrected chi connectivity index (χ1v) is 8.44. The smallest absolute Gasteiger partial charge is 0.393 e. The van der Waals surface area contributed by atoms with Crippen molar-refractivity contribution in [2.45, 2.75) is 39.2 Å². The first-order chi connectivity index (χ1) is 12.7. The van der Waals surface area contributed by atoms with Crippen LogP contribution in [0.4, 0.5) is 13.2 Å². The van der Waals surface area contributed by atoms with Gasteiger partial charge in [-0.2, -0.15) is 13.2 Å². The topological polar surface area (TPSA) is 128 Å². The van der Waals surface area contributed by atoms with Crippen molar-refractivity contribution in [2.24, 2.45) is 17.3 Å². The van der Waals surface area contributed by atoms with Gasteiger partial charge >= 0.3 is 6.18 Å². The van der Waals surface area contributed by atoms with E-state index in [4.69, 9.17) is 22.0 Å². The molecular formula is C17H28F3N5O2. The predicted molar refractivity (Wildman–Crippen MR) is 97.6 cm³/mol. The minimum Gasteiger partial charge on any atom is -0.393 e. The SMILES string of the molecule is CC.FC(F)(F)c1ccc(COC2CCNC2)cc1.NN/C=C(\N)C(N)=O. The van der Waals surface area contributed by atoms with Crippen LogP contribution in [0.25, 0.3) is 0 Å². The number of benzene rings is 1. The van der Waals surface area contributed by atoms with Crippen molar-refractivity contribution in [3.05, 3.63) is 47.3 Å². The number of hydrogen-bond donors (Lipinski definition) is 5. The second kappa shape index (κ2) is 13.0. The zero-order valence-electron chi connectivity index (χ0n) is 15.5. The molecule has 0 radical (unpaired) electrons. The highest BCUT2D eigenvalue weighted by Crippen LogP contribution is 2.29. The van der Waals surface area contributed by atoms with Crippen LogP contribution in [0.3, 0.4) is 0 Å². The Morgan fingerprint density at radius 1 is 1.30 bits per heavy atom. The summed E-state index contributed by atoms with van der Waals surface area (Å²) in [5.41, 5.74) is 11.8. The zero-order chi connectivity index (χ0) is 20.9. The van der Waals surface area contributed by atoms with Crippen molar-refractivity contribution in [1.82, 2.24) is 10.7 Å². The highest BCUT2D eigenvalue weighted by Gasteiger charge is 2.29. The van der Waals surface area contributed by atoms with Crippen molar-refractivity contribution in [1.29, 1.82) is 0 Å². The van der Waals surface area contributed by atoms with E-state index in [-0.39, 0.29) is 11.8 Å². The number of nitrogens with one attached hydrogen (secondary N) is 2. The molecule has 0 spiro atoms. The van der Waals surface area contributed by atoms with Gasteiger partial charge < -0.3 is 26.9 Å². The summed E-state index contributed by atoms with van der Waals surface area (Å²) in [6.45, 7) is 6.13. The number of hydrogen-bond acceptors (Lipinski definition) is 6. The third-order valence-electron chi connectivity index (χ3n) is 3.31. The Morgan fingerprint density at radius 3 is 2.26 bits per heavy atom. The van der Waals surface area contributed by atoms with Gasteiger partial charge in [0.05, 0.1) is 18.3 Å². The maximum Gasteiger partial charge on any atom is 0.416 e. The van der Waals surface area contributed by atoms with E-state index in [2.05, 4.69) is 10.7 Å². The molecule has 0 saturated carbocycles. The van der Waals surface area contributed by atoms with E-state index in [1.165, 1.54) is 12.1 Å². The first-order valence-electron chi connectivity index (χ1n) is 8.44. The van der Waals surface area contributed by atoms with E-state index in [1.807, 2.05) is 13.8 Å². The molecule has 27 heavy (non-hydrogen) atoms. The first kappa shape index (κ1) is 24.7. The number of rotatable bonds is 5. The summed E-state index contributed by atoms with van der Waals surface area (Å²) in [6.07, 6.45) is -2.02. The Hall–Kier alpha value is -2.30. The highest BCUT2D eigenvalue weighted by molar-refractivity contribution is 5.90. The lowest BCUT2D eigenvalue weighted by Gasteiger charge is -2.11. The summed E-state index contributed by atoms with van der Waals surface area (Å²) < 4.78 is 42.5. The molecule has 10 heteroatoms. The average molecular weight is 391 g/mol. The molecule has 1 aliphatic heterocycles. The Kier molecular flexibility index (Phi) is 11.9. The number of amides is 1. The zero-order valence-corrected chi connectivity index (χ0v) is 15.5. The number of primary amides is 1. The third-order valence-corrected chi connectivity index (χ3v) is 3.31. The number of alkyl halides is 3. The van der Waals surface area contributed by atoms with E-state index in [0.717, 1.165) is 43.4 Å². The lowest BCUT2D eigenvalue weighted by atomic mass is 10.1. The highest BCUT2D eigenvalue weighted by atomic mass is 19.4. The van der Waals surface area contributed by atoms with E-state index in [0.29, 0.717) is 6.61 Å². The largest absolute Gasteiger partial charge is 0.416 e. The molecule has 1 aromatic carbocycles. The predicted octanol–water partition coefficient (Wildman–Crippen LogP) is 1.35. The second-order valence-corrected chi connectivity index (χ2v) is 5.25. The molecule has 8 N–H and O–H groups in total. The monoisotopic (exact) mass is 391 g/mol. The number of nitrogens with two attached hydrogens (primary N) is 3. The van der Waals surface area contributed by atoms with Gasteiger partial charge in [-0.05, 0) is 30.7 Å². The number of carbonyl (C=O) groups excluding carboxylic acids is 1. The fraction of sp³-hybridized carbons (Fsp3) is 0.471. The number of ether oxygens (including phenoxy) is 1. The quantitative estimate of drug-likeness (QED) is 0.293. The number of hydrazine groups is 1. The molecular weight excluding hydrogens is 363 g/mol. The van der Waals surface area contributed by atoms with E-state index < -0.39 is 17.6 Å².